The van der Waals surface area contributed by atoms with Crippen molar-refractivity contribution in [2.24, 2.45) is 17.8 Å². The third-order valence-corrected chi connectivity index (χ3v) is 4.24. The van der Waals surface area contributed by atoms with Crippen LogP contribution >= 0.6 is 0 Å². The summed E-state index contributed by atoms with van der Waals surface area (Å²) >= 11 is 0. The number of benzene rings is 1. The molecule has 0 bridgehead atoms. The number of aliphatic hydroxyl groups is 2. The van der Waals surface area contributed by atoms with Gasteiger partial charge in [0.15, 0.2) is 0 Å². The molecule has 1 heterocycles. The van der Waals surface area contributed by atoms with Crippen molar-refractivity contribution in [2.75, 3.05) is 0 Å². The van der Waals surface area contributed by atoms with Crippen molar-refractivity contribution in [2.45, 2.75) is 25.0 Å². The quantitative estimate of drug-likeness (QED) is 0.622. The summed E-state index contributed by atoms with van der Waals surface area (Å²) < 4.78 is 5.75. The molecule has 1 saturated heterocycles. The van der Waals surface area contributed by atoms with E-state index < -0.39 is 36.4 Å². The number of carboxylic acids is 1. The van der Waals surface area contributed by atoms with E-state index in [9.17, 15) is 20.1 Å². The van der Waals surface area contributed by atoms with Crippen molar-refractivity contribution in [3.05, 3.63) is 30.3 Å². The summed E-state index contributed by atoms with van der Waals surface area (Å²) in [5.74, 6) is -2.08. The summed E-state index contributed by atoms with van der Waals surface area (Å²) in [4.78, 5) is 11.5. The van der Waals surface area contributed by atoms with Crippen LogP contribution in [0.4, 0.5) is 0 Å². The summed E-state index contributed by atoms with van der Waals surface area (Å²) in [5, 5.41) is 31.7. The molecular formula is C14H17NO5. The van der Waals surface area contributed by atoms with Gasteiger partial charge in [-0.15, -0.1) is 0 Å². The molecule has 1 aromatic carbocycles. The van der Waals surface area contributed by atoms with Gasteiger partial charge < -0.3 is 20.1 Å². The Kier molecular flexibility index (Phi) is 3.37. The van der Waals surface area contributed by atoms with Crippen LogP contribution in [0.3, 0.4) is 0 Å². The molecule has 2 fully saturated rings. The molecule has 1 aliphatic carbocycles. The summed E-state index contributed by atoms with van der Waals surface area (Å²) in [5.41, 5.74) is 0. The molecule has 4 N–H and O–H groups in total. The molecule has 6 nitrogen and oxygen atoms in total. The first-order chi connectivity index (χ1) is 9.58. The summed E-state index contributed by atoms with van der Waals surface area (Å²) in [7, 11) is 0. The minimum atomic E-state index is -1.01. The summed E-state index contributed by atoms with van der Waals surface area (Å²) in [6.45, 7) is 0. The van der Waals surface area contributed by atoms with Crippen molar-refractivity contribution < 1.29 is 24.9 Å². The van der Waals surface area contributed by atoms with Crippen LogP contribution in [0.15, 0.2) is 30.3 Å². The zero-order valence-corrected chi connectivity index (χ0v) is 10.7. The van der Waals surface area contributed by atoms with E-state index in [1.807, 2.05) is 18.2 Å². The Morgan fingerprint density at radius 2 is 1.90 bits per heavy atom. The molecule has 2 aliphatic rings. The predicted octanol–water partition coefficient (Wildman–Crippen LogP) is 0.0109. The minimum Gasteiger partial charge on any atom is -0.490 e. The van der Waals surface area contributed by atoms with Crippen LogP contribution in [-0.4, -0.2) is 39.8 Å². The average molecular weight is 279 g/mol. The Morgan fingerprint density at radius 3 is 2.55 bits per heavy atom. The largest absolute Gasteiger partial charge is 0.490 e. The van der Waals surface area contributed by atoms with E-state index in [4.69, 9.17) is 4.74 Å². The fourth-order valence-electron chi connectivity index (χ4n) is 3.38. The molecule has 0 aromatic heterocycles. The summed E-state index contributed by atoms with van der Waals surface area (Å²) in [6.07, 6.45) is -2.04. The van der Waals surface area contributed by atoms with E-state index in [0.29, 0.717) is 12.2 Å². The van der Waals surface area contributed by atoms with E-state index >= 15 is 0 Å². The zero-order chi connectivity index (χ0) is 14.3. The number of carboxylic acid groups (broad SMARTS) is 1. The molecule has 1 aromatic rings. The molecular weight excluding hydrogens is 262 g/mol. The lowest BCUT2D eigenvalue weighted by molar-refractivity contribution is -0.147. The number of ether oxygens (including phenoxy) is 1. The Morgan fingerprint density at radius 1 is 1.20 bits per heavy atom. The SMILES string of the molecule is O=C(O)C1C(Oc2ccccc2)CC2C(O)NC(O)C21. The lowest BCUT2D eigenvalue weighted by Crippen LogP contribution is -2.40. The maximum Gasteiger partial charge on any atom is 0.310 e. The molecule has 6 heteroatoms. The highest BCUT2D eigenvalue weighted by Gasteiger charge is 2.57. The van der Waals surface area contributed by atoms with Crippen molar-refractivity contribution in [3.8, 4) is 5.75 Å². The predicted molar refractivity (Wildman–Crippen MR) is 68.7 cm³/mol. The maximum absolute atomic E-state index is 11.5. The number of carbonyl (C=O) groups is 1. The molecule has 1 aliphatic heterocycles. The number of para-hydroxylation sites is 1. The van der Waals surface area contributed by atoms with Crippen LogP contribution in [0.25, 0.3) is 0 Å². The molecule has 6 unspecified atom stereocenters. The number of nitrogens with one attached hydrogen (secondary N) is 1. The van der Waals surface area contributed by atoms with E-state index in [-0.39, 0.29) is 5.92 Å². The van der Waals surface area contributed by atoms with Gasteiger partial charge in [0.05, 0.1) is 0 Å². The monoisotopic (exact) mass is 279 g/mol. The Hall–Kier alpha value is -1.63. The molecule has 108 valence electrons. The topological polar surface area (TPSA) is 99.0 Å². The lowest BCUT2D eigenvalue weighted by Gasteiger charge is -2.23. The number of aliphatic carboxylic acids is 1. The molecule has 6 atom stereocenters. The van der Waals surface area contributed by atoms with Crippen LogP contribution in [-0.2, 0) is 4.79 Å². The van der Waals surface area contributed by atoms with Crippen molar-refractivity contribution >= 4 is 5.97 Å². The highest BCUT2D eigenvalue weighted by Crippen LogP contribution is 2.45. The first kappa shape index (κ1) is 13.4. The van der Waals surface area contributed by atoms with Gasteiger partial charge in [-0.05, 0) is 18.6 Å². The smallest absolute Gasteiger partial charge is 0.310 e. The molecule has 3 rings (SSSR count). The Bertz CT molecular complexity index is 494. The molecule has 1 saturated carbocycles. The third-order valence-electron chi connectivity index (χ3n) is 4.24. The number of aliphatic hydroxyl groups excluding tert-OH is 2. The second-order valence-corrected chi connectivity index (χ2v) is 5.37. The second-order valence-electron chi connectivity index (χ2n) is 5.37. The minimum absolute atomic E-state index is 0.306. The van der Waals surface area contributed by atoms with Gasteiger partial charge in [-0.25, -0.2) is 0 Å². The first-order valence-corrected chi connectivity index (χ1v) is 6.64. The second kappa shape index (κ2) is 5.05. The van der Waals surface area contributed by atoms with Gasteiger partial charge in [0.1, 0.15) is 30.2 Å². The van der Waals surface area contributed by atoms with Gasteiger partial charge >= 0.3 is 5.97 Å². The highest BCUT2D eigenvalue weighted by atomic mass is 16.5. The number of rotatable bonds is 3. The molecule has 0 spiro atoms. The van der Waals surface area contributed by atoms with Gasteiger partial charge in [0.25, 0.3) is 0 Å². The molecule has 0 radical (unpaired) electrons. The zero-order valence-electron chi connectivity index (χ0n) is 10.7. The normalized spacial score (nSPS) is 39.5. The lowest BCUT2D eigenvalue weighted by atomic mass is 9.90. The Labute approximate surface area is 116 Å². The molecule has 20 heavy (non-hydrogen) atoms. The van der Waals surface area contributed by atoms with Gasteiger partial charge in [-0.3, -0.25) is 10.1 Å². The number of hydrogen-bond acceptors (Lipinski definition) is 5. The third kappa shape index (κ3) is 2.15. The van der Waals surface area contributed by atoms with Crippen molar-refractivity contribution in [3.63, 3.8) is 0 Å². The van der Waals surface area contributed by atoms with E-state index in [1.54, 1.807) is 12.1 Å². The van der Waals surface area contributed by atoms with Crippen molar-refractivity contribution in [1.29, 1.82) is 0 Å². The average Bonchev–Trinajstić information content (AvgIpc) is 2.90. The first-order valence-electron chi connectivity index (χ1n) is 6.64. The van der Waals surface area contributed by atoms with Crippen molar-refractivity contribution in [1.82, 2.24) is 5.32 Å². The van der Waals surface area contributed by atoms with E-state index in [2.05, 4.69) is 5.32 Å². The van der Waals surface area contributed by atoms with E-state index in [0.717, 1.165) is 0 Å². The van der Waals surface area contributed by atoms with Crippen LogP contribution < -0.4 is 10.1 Å². The van der Waals surface area contributed by atoms with Gasteiger partial charge in [-0.1, -0.05) is 18.2 Å². The molecule has 0 amide bonds. The standard InChI is InChI=1S/C14H17NO5/c16-12-8-6-9(20-7-4-2-1-3-5-7)11(14(18)19)10(8)13(17)15-12/h1-5,8-13,15-17H,6H2,(H,18,19). The fourth-order valence-corrected chi connectivity index (χ4v) is 3.38. The highest BCUT2D eigenvalue weighted by molar-refractivity contribution is 5.72. The summed E-state index contributed by atoms with van der Waals surface area (Å²) in [6, 6.07) is 9.00. The van der Waals surface area contributed by atoms with Crippen LogP contribution in [0, 0.1) is 17.8 Å². The van der Waals surface area contributed by atoms with Gasteiger partial charge in [0.2, 0.25) is 0 Å². The number of fused-ring (bicyclic) bond motifs is 1. The number of hydrogen-bond donors (Lipinski definition) is 4. The van der Waals surface area contributed by atoms with Crippen LogP contribution in [0.1, 0.15) is 6.42 Å². The fraction of sp³-hybridized carbons (Fsp3) is 0.500. The van der Waals surface area contributed by atoms with Gasteiger partial charge in [0, 0.05) is 11.8 Å². The Balaban J connectivity index is 1.83. The van der Waals surface area contributed by atoms with Crippen LogP contribution in [0.5, 0.6) is 5.75 Å². The van der Waals surface area contributed by atoms with E-state index in [1.165, 1.54) is 0 Å². The van der Waals surface area contributed by atoms with Gasteiger partial charge in [-0.2, -0.15) is 0 Å². The van der Waals surface area contributed by atoms with Crippen LogP contribution in [0.2, 0.25) is 0 Å². The maximum atomic E-state index is 11.5.